The number of benzene rings is 1. The first-order chi connectivity index (χ1) is 7.91. The zero-order chi connectivity index (χ0) is 13.0. The molecule has 0 spiro atoms. The minimum atomic E-state index is -0.567. The molecule has 0 aliphatic rings. The summed E-state index contributed by atoms with van der Waals surface area (Å²) >= 11 is 4.72. The van der Waals surface area contributed by atoms with Gasteiger partial charge in [0, 0.05) is 11.3 Å². The number of hydrogen-bond acceptors (Lipinski definition) is 3. The van der Waals surface area contributed by atoms with Crippen molar-refractivity contribution in [1.29, 1.82) is 0 Å². The van der Waals surface area contributed by atoms with Crippen LogP contribution in [0.4, 0.5) is 5.69 Å². The zero-order valence-corrected chi connectivity index (χ0v) is 10.1. The molecule has 1 rings (SSSR count). The van der Waals surface area contributed by atoms with Crippen LogP contribution >= 0.6 is 12.2 Å². The first kappa shape index (κ1) is 13.1. The van der Waals surface area contributed by atoms with Crippen LogP contribution in [-0.4, -0.2) is 16.8 Å². The number of primary amides is 1. The second kappa shape index (κ2) is 5.40. The SMILES string of the molecule is CC(C(=O)Nc1cccc(C(N)=O)c1)C(N)=S. The lowest BCUT2D eigenvalue weighted by atomic mass is 10.1. The van der Waals surface area contributed by atoms with E-state index in [0.29, 0.717) is 11.3 Å². The van der Waals surface area contributed by atoms with Crippen LogP contribution in [0.15, 0.2) is 24.3 Å². The fourth-order valence-electron chi connectivity index (χ4n) is 1.13. The second-order valence-electron chi connectivity index (χ2n) is 3.56. The van der Waals surface area contributed by atoms with Crippen molar-refractivity contribution in [3.63, 3.8) is 0 Å². The molecule has 5 N–H and O–H groups in total. The molecule has 0 radical (unpaired) electrons. The summed E-state index contributed by atoms with van der Waals surface area (Å²) in [4.78, 5) is 22.7. The fourth-order valence-corrected chi connectivity index (χ4v) is 1.24. The third-order valence-corrected chi connectivity index (χ3v) is 2.59. The van der Waals surface area contributed by atoms with E-state index in [0.717, 1.165) is 0 Å². The molecule has 90 valence electrons. The Balaban J connectivity index is 2.82. The summed E-state index contributed by atoms with van der Waals surface area (Å²) in [7, 11) is 0. The minimum absolute atomic E-state index is 0.119. The zero-order valence-electron chi connectivity index (χ0n) is 9.27. The lowest BCUT2D eigenvalue weighted by Gasteiger charge is -2.10. The topological polar surface area (TPSA) is 98.2 Å². The van der Waals surface area contributed by atoms with Gasteiger partial charge in [0.15, 0.2) is 0 Å². The van der Waals surface area contributed by atoms with Gasteiger partial charge in [0.2, 0.25) is 11.8 Å². The highest BCUT2D eigenvalue weighted by Crippen LogP contribution is 2.11. The van der Waals surface area contributed by atoms with Crippen LogP contribution in [0.1, 0.15) is 17.3 Å². The van der Waals surface area contributed by atoms with Crippen LogP contribution in [0, 0.1) is 5.92 Å². The normalized spacial score (nSPS) is 11.6. The maximum atomic E-state index is 11.6. The largest absolute Gasteiger partial charge is 0.393 e. The van der Waals surface area contributed by atoms with Gasteiger partial charge >= 0.3 is 0 Å². The molecule has 5 nitrogen and oxygen atoms in total. The molecule has 0 saturated heterocycles. The predicted molar refractivity (Wildman–Crippen MR) is 69.5 cm³/mol. The van der Waals surface area contributed by atoms with E-state index < -0.39 is 11.8 Å². The summed E-state index contributed by atoms with van der Waals surface area (Å²) in [5, 5.41) is 2.60. The van der Waals surface area contributed by atoms with Crippen molar-refractivity contribution >= 4 is 34.7 Å². The number of rotatable bonds is 4. The van der Waals surface area contributed by atoms with Crippen LogP contribution in [0.3, 0.4) is 0 Å². The molecule has 0 bridgehead atoms. The predicted octanol–water partition coefficient (Wildman–Crippen LogP) is 0.646. The number of nitrogens with one attached hydrogen (secondary N) is 1. The van der Waals surface area contributed by atoms with Crippen molar-refractivity contribution in [3.8, 4) is 0 Å². The average molecular weight is 251 g/mol. The molecule has 1 unspecified atom stereocenters. The average Bonchev–Trinajstić information content (AvgIpc) is 2.28. The first-order valence-electron chi connectivity index (χ1n) is 4.92. The van der Waals surface area contributed by atoms with Gasteiger partial charge in [-0.1, -0.05) is 18.3 Å². The maximum Gasteiger partial charge on any atom is 0.248 e. The molecule has 0 aliphatic heterocycles. The molecule has 0 heterocycles. The summed E-state index contributed by atoms with van der Waals surface area (Å²) in [5.41, 5.74) is 11.3. The molecule has 0 saturated carbocycles. The van der Waals surface area contributed by atoms with Crippen LogP contribution < -0.4 is 16.8 Å². The number of hydrogen-bond donors (Lipinski definition) is 3. The number of anilines is 1. The van der Waals surface area contributed by atoms with Crippen molar-refractivity contribution < 1.29 is 9.59 Å². The lowest BCUT2D eigenvalue weighted by molar-refractivity contribution is -0.117. The Labute approximate surface area is 104 Å². The molecular weight excluding hydrogens is 238 g/mol. The molecule has 1 aromatic rings. The third kappa shape index (κ3) is 3.53. The highest BCUT2D eigenvalue weighted by molar-refractivity contribution is 7.80. The Morgan fingerprint density at radius 2 is 2.00 bits per heavy atom. The summed E-state index contributed by atoms with van der Waals surface area (Å²) in [6.45, 7) is 1.61. The van der Waals surface area contributed by atoms with E-state index in [1.807, 2.05) is 0 Å². The standard InChI is InChI=1S/C11H13N3O2S/c1-6(10(13)17)11(16)14-8-4-2-3-7(5-8)9(12)15/h2-6H,1H3,(H2,12,15)(H2,13,17)(H,14,16). The number of carbonyl (C=O) groups is 2. The summed E-state index contributed by atoms with van der Waals surface area (Å²) in [6.07, 6.45) is 0. The molecule has 0 aromatic heterocycles. The molecule has 6 heteroatoms. The van der Waals surface area contributed by atoms with Crippen LogP contribution in [0.5, 0.6) is 0 Å². The monoisotopic (exact) mass is 251 g/mol. The minimum Gasteiger partial charge on any atom is -0.393 e. The van der Waals surface area contributed by atoms with E-state index in [-0.39, 0.29) is 10.9 Å². The molecule has 1 aromatic carbocycles. The molecule has 0 fully saturated rings. The van der Waals surface area contributed by atoms with Crippen molar-refractivity contribution in [2.45, 2.75) is 6.92 Å². The van der Waals surface area contributed by atoms with Gasteiger partial charge in [-0.3, -0.25) is 9.59 Å². The number of amides is 2. The Bertz CT molecular complexity index is 474. The van der Waals surface area contributed by atoms with Gasteiger partial charge in [0.05, 0.1) is 10.9 Å². The second-order valence-corrected chi connectivity index (χ2v) is 4.03. The number of carbonyl (C=O) groups excluding carboxylic acids is 2. The van der Waals surface area contributed by atoms with Crippen LogP contribution in [-0.2, 0) is 4.79 Å². The molecule has 17 heavy (non-hydrogen) atoms. The Hall–Kier alpha value is -1.95. The van der Waals surface area contributed by atoms with E-state index in [9.17, 15) is 9.59 Å². The lowest BCUT2D eigenvalue weighted by Crippen LogP contribution is -2.30. The first-order valence-corrected chi connectivity index (χ1v) is 5.32. The highest BCUT2D eigenvalue weighted by atomic mass is 32.1. The smallest absolute Gasteiger partial charge is 0.248 e. The van der Waals surface area contributed by atoms with E-state index in [1.54, 1.807) is 25.1 Å². The van der Waals surface area contributed by atoms with E-state index >= 15 is 0 Å². The quantitative estimate of drug-likeness (QED) is 0.684. The van der Waals surface area contributed by atoms with Crippen molar-refractivity contribution in [2.24, 2.45) is 17.4 Å². The molecule has 2 amide bonds. The molecular formula is C11H13N3O2S. The van der Waals surface area contributed by atoms with Gasteiger partial charge in [0.1, 0.15) is 0 Å². The van der Waals surface area contributed by atoms with E-state index in [4.69, 9.17) is 23.7 Å². The maximum absolute atomic E-state index is 11.6. The highest BCUT2D eigenvalue weighted by Gasteiger charge is 2.15. The third-order valence-electron chi connectivity index (χ3n) is 2.23. The van der Waals surface area contributed by atoms with E-state index in [1.165, 1.54) is 6.07 Å². The van der Waals surface area contributed by atoms with Gasteiger partial charge in [0.25, 0.3) is 0 Å². The van der Waals surface area contributed by atoms with Crippen molar-refractivity contribution in [3.05, 3.63) is 29.8 Å². The Morgan fingerprint density at radius 3 is 2.53 bits per heavy atom. The van der Waals surface area contributed by atoms with Crippen LogP contribution in [0.25, 0.3) is 0 Å². The number of thiocarbonyl (C=S) groups is 1. The summed E-state index contributed by atoms with van der Waals surface area (Å²) in [6, 6.07) is 6.33. The van der Waals surface area contributed by atoms with Crippen molar-refractivity contribution in [2.75, 3.05) is 5.32 Å². The Kier molecular flexibility index (Phi) is 4.17. The fraction of sp³-hybridized carbons (Fsp3) is 0.182. The summed E-state index contributed by atoms with van der Waals surface area (Å²) in [5.74, 6) is -1.44. The van der Waals surface area contributed by atoms with Gasteiger partial charge in [-0.2, -0.15) is 0 Å². The van der Waals surface area contributed by atoms with Crippen molar-refractivity contribution in [1.82, 2.24) is 0 Å². The van der Waals surface area contributed by atoms with Gasteiger partial charge in [-0.15, -0.1) is 0 Å². The summed E-state index contributed by atoms with van der Waals surface area (Å²) < 4.78 is 0. The van der Waals surface area contributed by atoms with Gasteiger partial charge < -0.3 is 16.8 Å². The van der Waals surface area contributed by atoms with Gasteiger partial charge in [-0.05, 0) is 25.1 Å². The van der Waals surface area contributed by atoms with E-state index in [2.05, 4.69) is 5.32 Å². The van der Waals surface area contributed by atoms with Crippen LogP contribution in [0.2, 0.25) is 0 Å². The Morgan fingerprint density at radius 1 is 1.35 bits per heavy atom. The molecule has 1 atom stereocenters. The number of nitrogens with two attached hydrogens (primary N) is 2. The molecule has 0 aliphatic carbocycles. The van der Waals surface area contributed by atoms with Gasteiger partial charge in [-0.25, -0.2) is 0 Å².